The van der Waals surface area contributed by atoms with Crippen LogP contribution in [-0.2, 0) is 9.22 Å². The largest absolute Gasteiger partial charge is 0.410 e. The first-order valence-electron chi connectivity index (χ1n) is 8.36. The fourth-order valence-corrected chi connectivity index (χ4v) is 5.69. The molecule has 21 heavy (non-hydrogen) atoms. The lowest BCUT2D eigenvalue weighted by molar-refractivity contribution is -0.110. The Kier molecular flexibility index (Phi) is 9.80. The van der Waals surface area contributed by atoms with Crippen molar-refractivity contribution in [1.29, 1.82) is 0 Å². The van der Waals surface area contributed by atoms with Gasteiger partial charge in [-0.3, -0.25) is 0 Å². The third-order valence-corrected chi connectivity index (χ3v) is 9.10. The molecule has 2 atom stereocenters. The van der Waals surface area contributed by atoms with Gasteiger partial charge in [-0.15, -0.1) is 0 Å². The van der Waals surface area contributed by atoms with E-state index in [0.717, 1.165) is 24.7 Å². The summed E-state index contributed by atoms with van der Waals surface area (Å²) in [4.78, 5) is 10.7. The highest BCUT2D eigenvalue weighted by Crippen LogP contribution is 2.27. The molecule has 0 aromatic heterocycles. The number of allylic oxidation sites excluding steroid dienone is 2. The summed E-state index contributed by atoms with van der Waals surface area (Å²) in [5.74, 6) is 0.0398. The molecule has 0 aliphatic carbocycles. The second-order valence-corrected chi connectivity index (χ2v) is 10.8. The molecule has 0 aliphatic heterocycles. The van der Waals surface area contributed by atoms with Crippen molar-refractivity contribution in [1.82, 2.24) is 0 Å². The second-order valence-electron chi connectivity index (χ2n) is 6.12. The van der Waals surface area contributed by atoms with E-state index < -0.39 is 8.32 Å². The van der Waals surface area contributed by atoms with Gasteiger partial charge in [-0.2, -0.15) is 0 Å². The summed E-state index contributed by atoms with van der Waals surface area (Å²) < 4.78 is 6.59. The smallest absolute Gasteiger partial charge is 0.192 e. The minimum atomic E-state index is -1.58. The Labute approximate surface area is 132 Å². The molecule has 3 heteroatoms. The number of carbonyl (C=O) groups is 1. The zero-order valence-electron chi connectivity index (χ0n) is 14.9. The Bertz CT molecular complexity index is 348. The number of aldehydes is 1. The Balaban J connectivity index is 4.93. The number of hydrogen-bond donors (Lipinski definition) is 0. The summed E-state index contributed by atoms with van der Waals surface area (Å²) in [7, 11) is -1.58. The van der Waals surface area contributed by atoms with Crippen LogP contribution in [0.4, 0.5) is 0 Å². The van der Waals surface area contributed by atoms with E-state index in [1.807, 2.05) is 6.92 Å². The van der Waals surface area contributed by atoms with Crippen molar-refractivity contribution in [3.8, 4) is 0 Å². The summed E-state index contributed by atoms with van der Waals surface area (Å²) in [5, 5.41) is 0. The van der Waals surface area contributed by atoms with E-state index in [-0.39, 0.29) is 12.0 Å². The fourth-order valence-electron chi connectivity index (χ4n) is 2.74. The van der Waals surface area contributed by atoms with Crippen LogP contribution in [0, 0.1) is 5.92 Å². The quantitative estimate of drug-likeness (QED) is 0.285. The van der Waals surface area contributed by atoms with Crippen molar-refractivity contribution in [3.05, 3.63) is 23.8 Å². The lowest BCUT2D eigenvalue weighted by atomic mass is 10.00. The molecule has 0 spiro atoms. The average Bonchev–Trinajstić information content (AvgIpc) is 2.48. The maximum atomic E-state index is 10.7. The Morgan fingerprint density at radius 1 is 1.19 bits per heavy atom. The third-order valence-electron chi connectivity index (χ3n) is 4.45. The van der Waals surface area contributed by atoms with Crippen LogP contribution in [0.5, 0.6) is 0 Å². The summed E-state index contributed by atoms with van der Waals surface area (Å²) in [6, 6.07) is 3.52. The Morgan fingerprint density at radius 3 is 2.10 bits per heavy atom. The van der Waals surface area contributed by atoms with Gasteiger partial charge in [0.05, 0.1) is 6.10 Å². The maximum absolute atomic E-state index is 10.7. The van der Waals surface area contributed by atoms with E-state index >= 15 is 0 Å². The number of hydrogen-bond acceptors (Lipinski definition) is 2. The predicted molar refractivity (Wildman–Crippen MR) is 95.1 cm³/mol. The van der Waals surface area contributed by atoms with Gasteiger partial charge in [0.25, 0.3) is 0 Å². The third kappa shape index (κ3) is 6.75. The zero-order valence-corrected chi connectivity index (χ0v) is 15.9. The second kappa shape index (κ2) is 10.1. The molecular weight excluding hydrogens is 276 g/mol. The maximum Gasteiger partial charge on any atom is 0.192 e. The van der Waals surface area contributed by atoms with Gasteiger partial charge in [-0.1, -0.05) is 52.8 Å². The van der Waals surface area contributed by atoms with Crippen LogP contribution in [0.2, 0.25) is 18.1 Å². The van der Waals surface area contributed by atoms with Crippen molar-refractivity contribution >= 4 is 14.6 Å². The average molecular weight is 311 g/mol. The standard InChI is InChI=1S/C18H34O2Si/c1-8-18(20-21(9-2,10-3)11-4)17(7)13-15(5)12-16(6)14-19/h13-14,16,18H,5,8-12H2,1-4,6-7H3/b17-13+/t16-,18+/m0/s1. The van der Waals surface area contributed by atoms with Gasteiger partial charge >= 0.3 is 0 Å². The highest BCUT2D eigenvalue weighted by molar-refractivity contribution is 6.73. The summed E-state index contributed by atoms with van der Waals surface area (Å²) >= 11 is 0. The molecule has 0 N–H and O–H groups in total. The van der Waals surface area contributed by atoms with Gasteiger partial charge in [0.2, 0.25) is 0 Å². The van der Waals surface area contributed by atoms with Gasteiger partial charge in [0, 0.05) is 5.92 Å². The molecule has 0 unspecified atom stereocenters. The molecular formula is C18H34O2Si. The molecule has 0 amide bonds. The molecule has 0 fully saturated rings. The van der Waals surface area contributed by atoms with E-state index in [2.05, 4.69) is 47.3 Å². The highest BCUT2D eigenvalue weighted by atomic mass is 28.4. The molecule has 2 nitrogen and oxygen atoms in total. The van der Waals surface area contributed by atoms with Crippen molar-refractivity contribution in [2.45, 2.75) is 78.6 Å². The summed E-state index contributed by atoms with van der Waals surface area (Å²) in [5.41, 5.74) is 2.26. The molecule has 0 saturated carbocycles. The molecule has 0 radical (unpaired) electrons. The molecule has 0 saturated heterocycles. The van der Waals surface area contributed by atoms with Crippen LogP contribution in [0.15, 0.2) is 23.8 Å². The molecule has 0 heterocycles. The highest BCUT2D eigenvalue weighted by Gasteiger charge is 2.31. The van der Waals surface area contributed by atoms with Crippen LogP contribution in [-0.4, -0.2) is 20.7 Å². The number of rotatable bonds is 11. The van der Waals surface area contributed by atoms with E-state index in [4.69, 9.17) is 4.43 Å². The predicted octanol–water partition coefficient (Wildman–Crippen LogP) is 5.51. The normalized spacial score (nSPS) is 15.6. The molecule has 122 valence electrons. The molecule has 0 aliphatic rings. The molecule has 0 bridgehead atoms. The monoisotopic (exact) mass is 310 g/mol. The van der Waals surface area contributed by atoms with Crippen LogP contribution >= 0.6 is 0 Å². The van der Waals surface area contributed by atoms with Gasteiger partial charge in [-0.25, -0.2) is 0 Å². The minimum Gasteiger partial charge on any atom is -0.410 e. The van der Waals surface area contributed by atoms with E-state index in [1.54, 1.807) is 0 Å². The van der Waals surface area contributed by atoms with Crippen LogP contribution in [0.1, 0.15) is 54.4 Å². The topological polar surface area (TPSA) is 26.3 Å². The van der Waals surface area contributed by atoms with E-state index in [9.17, 15) is 4.79 Å². The van der Waals surface area contributed by atoms with Crippen LogP contribution in [0.3, 0.4) is 0 Å². The first-order chi connectivity index (χ1) is 9.87. The van der Waals surface area contributed by atoms with Crippen LogP contribution < -0.4 is 0 Å². The minimum absolute atomic E-state index is 0.0398. The molecule has 0 rings (SSSR count). The summed E-state index contributed by atoms with van der Waals surface area (Å²) in [6.45, 7) is 17.1. The zero-order chi connectivity index (χ0) is 16.5. The lowest BCUT2D eigenvalue weighted by Gasteiger charge is -2.33. The van der Waals surface area contributed by atoms with Gasteiger partial charge in [-0.05, 0) is 43.5 Å². The Hall–Kier alpha value is -0.673. The first-order valence-corrected chi connectivity index (χ1v) is 10.9. The van der Waals surface area contributed by atoms with Gasteiger partial charge in [0.15, 0.2) is 8.32 Å². The van der Waals surface area contributed by atoms with E-state index in [0.29, 0.717) is 0 Å². The van der Waals surface area contributed by atoms with Gasteiger partial charge < -0.3 is 9.22 Å². The summed E-state index contributed by atoms with van der Waals surface area (Å²) in [6.07, 6.45) is 5.03. The SMILES string of the molecule is C=C(/C=C(\C)[C@@H](CC)O[Si](CC)(CC)CC)C[C@H](C)C=O. The Morgan fingerprint density at radius 2 is 1.71 bits per heavy atom. The van der Waals surface area contributed by atoms with Gasteiger partial charge in [0.1, 0.15) is 6.29 Å². The van der Waals surface area contributed by atoms with Crippen molar-refractivity contribution < 1.29 is 9.22 Å². The van der Waals surface area contributed by atoms with Crippen molar-refractivity contribution in [2.75, 3.05) is 0 Å². The number of carbonyl (C=O) groups excluding carboxylic acids is 1. The van der Waals surface area contributed by atoms with Crippen LogP contribution in [0.25, 0.3) is 0 Å². The lowest BCUT2D eigenvalue weighted by Crippen LogP contribution is -2.40. The van der Waals surface area contributed by atoms with Crippen molar-refractivity contribution in [2.24, 2.45) is 5.92 Å². The van der Waals surface area contributed by atoms with Crippen molar-refractivity contribution in [3.63, 3.8) is 0 Å². The fraction of sp³-hybridized carbons (Fsp3) is 0.722. The molecule has 0 aromatic carbocycles. The first kappa shape index (κ1) is 20.3. The van der Waals surface area contributed by atoms with E-state index in [1.165, 1.54) is 23.7 Å². The molecule has 0 aromatic rings.